The van der Waals surface area contributed by atoms with E-state index in [1.807, 2.05) is 20.0 Å². The summed E-state index contributed by atoms with van der Waals surface area (Å²) in [6.07, 6.45) is 1.05. The smallest absolute Gasteiger partial charge is 0.138 e. The molecule has 3 heteroatoms. The standard InChI is InChI=1S/C16H20N2O/c1-4-13-6-8-14(9-7-13)18(3)11-15-16(19)10-5-12(2)17-15/h5-10,19H,4,11H2,1-3H3. The molecule has 0 aliphatic rings. The fourth-order valence-electron chi connectivity index (χ4n) is 2.02. The molecule has 0 amide bonds. The molecule has 2 rings (SSSR count). The van der Waals surface area contributed by atoms with Gasteiger partial charge in [-0.2, -0.15) is 0 Å². The third-order valence-electron chi connectivity index (χ3n) is 3.26. The van der Waals surface area contributed by atoms with E-state index >= 15 is 0 Å². The van der Waals surface area contributed by atoms with E-state index in [2.05, 4.69) is 41.1 Å². The Bertz CT molecular complexity index is 549. The molecular weight excluding hydrogens is 236 g/mol. The van der Waals surface area contributed by atoms with E-state index in [1.54, 1.807) is 6.07 Å². The summed E-state index contributed by atoms with van der Waals surface area (Å²) in [4.78, 5) is 6.46. The predicted octanol–water partition coefficient (Wildman–Crippen LogP) is 3.29. The van der Waals surface area contributed by atoms with Crippen molar-refractivity contribution in [2.45, 2.75) is 26.8 Å². The molecule has 1 heterocycles. The first kappa shape index (κ1) is 13.4. The minimum Gasteiger partial charge on any atom is -0.506 e. The van der Waals surface area contributed by atoms with E-state index < -0.39 is 0 Å². The molecule has 1 aromatic heterocycles. The summed E-state index contributed by atoms with van der Waals surface area (Å²) in [5.41, 5.74) is 4.08. The molecule has 0 atom stereocenters. The van der Waals surface area contributed by atoms with Crippen LogP contribution >= 0.6 is 0 Å². The number of hydrogen-bond acceptors (Lipinski definition) is 3. The van der Waals surface area contributed by atoms with Crippen LogP contribution in [0.4, 0.5) is 5.69 Å². The van der Waals surface area contributed by atoms with Crippen LogP contribution < -0.4 is 4.90 Å². The van der Waals surface area contributed by atoms with E-state index in [0.29, 0.717) is 12.2 Å². The molecule has 0 saturated heterocycles. The van der Waals surface area contributed by atoms with Gasteiger partial charge < -0.3 is 10.0 Å². The van der Waals surface area contributed by atoms with E-state index in [-0.39, 0.29) is 5.75 Å². The Labute approximate surface area is 114 Å². The molecule has 1 N–H and O–H groups in total. The van der Waals surface area contributed by atoms with Crippen LogP contribution in [-0.4, -0.2) is 17.1 Å². The highest BCUT2D eigenvalue weighted by Gasteiger charge is 2.07. The SMILES string of the molecule is CCc1ccc(N(C)Cc2nc(C)ccc2O)cc1. The fraction of sp³-hybridized carbons (Fsp3) is 0.312. The first-order valence-electron chi connectivity index (χ1n) is 6.55. The van der Waals surface area contributed by atoms with Crippen LogP contribution in [0.5, 0.6) is 5.75 Å². The predicted molar refractivity (Wildman–Crippen MR) is 78.6 cm³/mol. The maximum Gasteiger partial charge on any atom is 0.138 e. The molecule has 0 aliphatic heterocycles. The maximum atomic E-state index is 9.82. The van der Waals surface area contributed by atoms with Gasteiger partial charge in [0.25, 0.3) is 0 Å². The van der Waals surface area contributed by atoms with Crippen LogP contribution in [0.3, 0.4) is 0 Å². The third-order valence-corrected chi connectivity index (χ3v) is 3.26. The monoisotopic (exact) mass is 256 g/mol. The molecule has 2 aromatic rings. The molecular formula is C16H20N2O. The average molecular weight is 256 g/mol. The molecule has 3 nitrogen and oxygen atoms in total. The van der Waals surface area contributed by atoms with Crippen molar-refractivity contribution < 1.29 is 5.11 Å². The quantitative estimate of drug-likeness (QED) is 0.912. The van der Waals surface area contributed by atoms with Crippen molar-refractivity contribution in [3.8, 4) is 5.75 Å². The van der Waals surface area contributed by atoms with E-state index in [4.69, 9.17) is 0 Å². The number of benzene rings is 1. The maximum absolute atomic E-state index is 9.82. The van der Waals surface area contributed by atoms with Crippen LogP contribution in [0.1, 0.15) is 23.9 Å². The second-order valence-electron chi connectivity index (χ2n) is 4.79. The second-order valence-corrected chi connectivity index (χ2v) is 4.79. The highest BCUT2D eigenvalue weighted by molar-refractivity contribution is 5.47. The Hall–Kier alpha value is -2.03. The number of aryl methyl sites for hydroxylation is 2. The largest absolute Gasteiger partial charge is 0.506 e. The number of rotatable bonds is 4. The minimum atomic E-state index is 0.252. The summed E-state index contributed by atoms with van der Waals surface area (Å²) in [6.45, 7) is 4.67. The molecule has 19 heavy (non-hydrogen) atoms. The van der Waals surface area contributed by atoms with Gasteiger partial charge in [0, 0.05) is 18.4 Å². The number of aromatic nitrogens is 1. The summed E-state index contributed by atoms with van der Waals surface area (Å²) in [6, 6.07) is 12.0. The normalized spacial score (nSPS) is 10.5. The van der Waals surface area contributed by atoms with Gasteiger partial charge in [-0.3, -0.25) is 4.98 Å². The zero-order valence-electron chi connectivity index (χ0n) is 11.7. The summed E-state index contributed by atoms with van der Waals surface area (Å²) < 4.78 is 0. The van der Waals surface area contributed by atoms with Crippen LogP contribution in [-0.2, 0) is 13.0 Å². The van der Waals surface area contributed by atoms with Crippen molar-refractivity contribution in [3.05, 3.63) is 53.3 Å². The second kappa shape index (κ2) is 5.74. The lowest BCUT2D eigenvalue weighted by molar-refractivity contribution is 0.463. The van der Waals surface area contributed by atoms with Crippen molar-refractivity contribution in [1.29, 1.82) is 0 Å². The molecule has 0 radical (unpaired) electrons. The lowest BCUT2D eigenvalue weighted by Crippen LogP contribution is -2.17. The van der Waals surface area contributed by atoms with Gasteiger partial charge in [0.1, 0.15) is 11.4 Å². The fourth-order valence-corrected chi connectivity index (χ4v) is 2.02. The Morgan fingerprint density at radius 1 is 1.11 bits per heavy atom. The summed E-state index contributed by atoms with van der Waals surface area (Å²) in [5.74, 6) is 0.252. The first-order valence-corrected chi connectivity index (χ1v) is 6.55. The Balaban J connectivity index is 2.15. The van der Waals surface area contributed by atoms with Crippen molar-refractivity contribution in [3.63, 3.8) is 0 Å². The van der Waals surface area contributed by atoms with E-state index in [1.165, 1.54) is 5.56 Å². The zero-order valence-corrected chi connectivity index (χ0v) is 11.7. The molecule has 1 aromatic carbocycles. The highest BCUT2D eigenvalue weighted by Crippen LogP contribution is 2.20. The van der Waals surface area contributed by atoms with Gasteiger partial charge in [0.2, 0.25) is 0 Å². The molecule has 0 saturated carbocycles. The molecule has 0 spiro atoms. The van der Waals surface area contributed by atoms with Gasteiger partial charge in [-0.15, -0.1) is 0 Å². The van der Waals surface area contributed by atoms with Gasteiger partial charge in [-0.25, -0.2) is 0 Å². The number of nitrogens with zero attached hydrogens (tertiary/aromatic N) is 2. The third kappa shape index (κ3) is 3.25. The average Bonchev–Trinajstić information content (AvgIpc) is 2.43. The minimum absolute atomic E-state index is 0.252. The van der Waals surface area contributed by atoms with Gasteiger partial charge in [0.15, 0.2) is 0 Å². The zero-order chi connectivity index (χ0) is 13.8. The number of hydrogen-bond donors (Lipinski definition) is 1. The lowest BCUT2D eigenvalue weighted by atomic mass is 10.1. The van der Waals surface area contributed by atoms with E-state index in [9.17, 15) is 5.11 Å². The number of aromatic hydroxyl groups is 1. The van der Waals surface area contributed by atoms with Crippen LogP contribution in [0, 0.1) is 6.92 Å². The van der Waals surface area contributed by atoms with Crippen LogP contribution in [0.2, 0.25) is 0 Å². The topological polar surface area (TPSA) is 36.4 Å². The van der Waals surface area contributed by atoms with E-state index in [0.717, 1.165) is 17.8 Å². The van der Waals surface area contributed by atoms with Gasteiger partial charge in [-0.05, 0) is 43.2 Å². The Morgan fingerprint density at radius 3 is 2.42 bits per heavy atom. The summed E-state index contributed by atoms with van der Waals surface area (Å²) in [5, 5.41) is 9.82. The van der Waals surface area contributed by atoms with Crippen molar-refractivity contribution in [2.75, 3.05) is 11.9 Å². The Morgan fingerprint density at radius 2 is 1.79 bits per heavy atom. The summed E-state index contributed by atoms with van der Waals surface area (Å²) in [7, 11) is 2.00. The lowest BCUT2D eigenvalue weighted by Gasteiger charge is -2.20. The van der Waals surface area contributed by atoms with Gasteiger partial charge >= 0.3 is 0 Å². The van der Waals surface area contributed by atoms with Crippen molar-refractivity contribution in [1.82, 2.24) is 4.98 Å². The number of pyridine rings is 1. The van der Waals surface area contributed by atoms with Crippen LogP contribution in [0.15, 0.2) is 36.4 Å². The molecule has 0 bridgehead atoms. The van der Waals surface area contributed by atoms with Gasteiger partial charge in [-0.1, -0.05) is 19.1 Å². The van der Waals surface area contributed by atoms with Gasteiger partial charge in [0.05, 0.1) is 6.54 Å². The number of anilines is 1. The van der Waals surface area contributed by atoms with Crippen LogP contribution in [0.25, 0.3) is 0 Å². The molecule has 0 aliphatic carbocycles. The highest BCUT2D eigenvalue weighted by atomic mass is 16.3. The van der Waals surface area contributed by atoms with Crippen molar-refractivity contribution in [2.24, 2.45) is 0 Å². The summed E-state index contributed by atoms with van der Waals surface area (Å²) >= 11 is 0. The first-order chi connectivity index (χ1) is 9.10. The molecule has 100 valence electrons. The van der Waals surface area contributed by atoms with Crippen molar-refractivity contribution >= 4 is 5.69 Å². The molecule has 0 unspecified atom stereocenters. The molecule has 0 fully saturated rings. The Kier molecular flexibility index (Phi) is 4.05.